The van der Waals surface area contributed by atoms with E-state index in [9.17, 15) is 0 Å². The molecule has 1 aliphatic rings. The van der Waals surface area contributed by atoms with Gasteiger partial charge in [0.05, 0.1) is 7.11 Å². The lowest BCUT2D eigenvalue weighted by atomic mass is 10.1. The SMILES string of the molecule is CCN(CC)CCCN1CC/C(=C\c2ccc(OC)cc2)C1. The molecule has 1 aromatic carbocycles. The molecule has 0 N–H and O–H groups in total. The number of nitrogens with zero attached hydrogens (tertiary/aromatic N) is 2. The van der Waals surface area contributed by atoms with E-state index in [1.807, 2.05) is 12.1 Å². The molecule has 0 saturated carbocycles. The van der Waals surface area contributed by atoms with Crippen molar-refractivity contribution in [2.45, 2.75) is 26.7 Å². The van der Waals surface area contributed by atoms with Gasteiger partial charge in [-0.2, -0.15) is 0 Å². The van der Waals surface area contributed by atoms with Crippen molar-refractivity contribution in [3.8, 4) is 5.75 Å². The third kappa shape index (κ3) is 5.15. The van der Waals surface area contributed by atoms with Crippen LogP contribution >= 0.6 is 0 Å². The maximum atomic E-state index is 5.21. The van der Waals surface area contributed by atoms with E-state index in [2.05, 4.69) is 41.9 Å². The predicted octanol–water partition coefficient (Wildman–Crippen LogP) is 3.52. The highest BCUT2D eigenvalue weighted by Crippen LogP contribution is 2.20. The molecular formula is C19H30N2O. The number of rotatable bonds is 8. The van der Waals surface area contributed by atoms with Crippen molar-refractivity contribution < 1.29 is 4.74 Å². The highest BCUT2D eigenvalue weighted by molar-refractivity contribution is 5.54. The molecule has 0 bridgehead atoms. The van der Waals surface area contributed by atoms with Gasteiger partial charge in [-0.25, -0.2) is 0 Å². The summed E-state index contributed by atoms with van der Waals surface area (Å²) in [5.74, 6) is 0.923. The number of methoxy groups -OCH3 is 1. The summed E-state index contributed by atoms with van der Waals surface area (Å²) in [4.78, 5) is 5.09. The summed E-state index contributed by atoms with van der Waals surface area (Å²) in [5, 5.41) is 0. The van der Waals surface area contributed by atoms with Crippen LogP contribution in [0.15, 0.2) is 29.8 Å². The van der Waals surface area contributed by atoms with E-state index < -0.39 is 0 Å². The van der Waals surface area contributed by atoms with Crippen LogP contribution < -0.4 is 4.74 Å². The Kier molecular flexibility index (Phi) is 6.94. The number of likely N-dealkylation sites (tertiary alicyclic amines) is 1. The highest BCUT2D eigenvalue weighted by Gasteiger charge is 2.16. The normalized spacial score (nSPS) is 17.5. The Hall–Kier alpha value is -1.32. The monoisotopic (exact) mass is 302 g/mol. The quantitative estimate of drug-likeness (QED) is 0.731. The van der Waals surface area contributed by atoms with Gasteiger partial charge in [-0.3, -0.25) is 4.90 Å². The minimum Gasteiger partial charge on any atom is -0.497 e. The second kappa shape index (κ2) is 8.96. The fourth-order valence-corrected chi connectivity index (χ4v) is 3.05. The van der Waals surface area contributed by atoms with Crippen LogP contribution in [-0.4, -0.2) is 56.2 Å². The first-order chi connectivity index (χ1) is 10.7. The Labute approximate surface area is 135 Å². The number of hydrogen-bond donors (Lipinski definition) is 0. The van der Waals surface area contributed by atoms with Gasteiger partial charge in [0.15, 0.2) is 0 Å². The van der Waals surface area contributed by atoms with E-state index in [4.69, 9.17) is 4.74 Å². The van der Waals surface area contributed by atoms with Crippen molar-refractivity contribution in [3.63, 3.8) is 0 Å². The molecule has 3 heteroatoms. The summed E-state index contributed by atoms with van der Waals surface area (Å²) in [6.45, 7) is 11.6. The van der Waals surface area contributed by atoms with Crippen LogP contribution in [0.1, 0.15) is 32.3 Å². The summed E-state index contributed by atoms with van der Waals surface area (Å²) < 4.78 is 5.21. The van der Waals surface area contributed by atoms with Crippen LogP contribution in [0.2, 0.25) is 0 Å². The van der Waals surface area contributed by atoms with E-state index >= 15 is 0 Å². The van der Waals surface area contributed by atoms with Crippen LogP contribution in [0, 0.1) is 0 Å². The zero-order valence-electron chi connectivity index (χ0n) is 14.3. The van der Waals surface area contributed by atoms with Crippen LogP contribution in [0.3, 0.4) is 0 Å². The molecule has 0 aliphatic carbocycles. The Balaban J connectivity index is 1.77. The lowest BCUT2D eigenvalue weighted by molar-refractivity contribution is 0.265. The molecule has 0 radical (unpaired) electrons. The molecule has 3 nitrogen and oxygen atoms in total. The third-order valence-corrected chi connectivity index (χ3v) is 4.51. The molecular weight excluding hydrogens is 272 g/mol. The lowest BCUT2D eigenvalue weighted by Crippen LogP contribution is -2.28. The summed E-state index contributed by atoms with van der Waals surface area (Å²) in [6.07, 6.45) is 4.82. The molecule has 1 fully saturated rings. The van der Waals surface area contributed by atoms with Crippen molar-refractivity contribution in [1.82, 2.24) is 9.80 Å². The van der Waals surface area contributed by atoms with Crippen molar-refractivity contribution >= 4 is 6.08 Å². The molecule has 22 heavy (non-hydrogen) atoms. The molecule has 0 atom stereocenters. The summed E-state index contributed by atoms with van der Waals surface area (Å²) >= 11 is 0. The zero-order chi connectivity index (χ0) is 15.8. The van der Waals surface area contributed by atoms with Crippen molar-refractivity contribution in [2.75, 3.05) is 46.4 Å². The first kappa shape index (κ1) is 17.0. The molecule has 0 spiro atoms. The summed E-state index contributed by atoms with van der Waals surface area (Å²) in [7, 11) is 1.71. The van der Waals surface area contributed by atoms with Crippen molar-refractivity contribution in [3.05, 3.63) is 35.4 Å². The predicted molar refractivity (Wildman–Crippen MR) is 94.4 cm³/mol. The Morgan fingerprint density at radius 2 is 1.91 bits per heavy atom. The van der Waals surface area contributed by atoms with Crippen LogP contribution in [0.4, 0.5) is 0 Å². The van der Waals surface area contributed by atoms with E-state index in [1.165, 1.54) is 51.1 Å². The van der Waals surface area contributed by atoms with E-state index in [0.717, 1.165) is 12.3 Å². The van der Waals surface area contributed by atoms with Crippen LogP contribution in [0.5, 0.6) is 5.75 Å². The van der Waals surface area contributed by atoms with Gasteiger partial charge >= 0.3 is 0 Å². The standard InChI is InChI=1S/C19H30N2O/c1-4-20(5-2)12-6-13-21-14-11-18(16-21)15-17-7-9-19(22-3)10-8-17/h7-10,15H,4-6,11-14,16H2,1-3H3/b18-15+. The maximum Gasteiger partial charge on any atom is 0.118 e. The molecule has 1 saturated heterocycles. The van der Waals surface area contributed by atoms with Gasteiger partial charge in [-0.1, -0.05) is 37.6 Å². The van der Waals surface area contributed by atoms with Crippen molar-refractivity contribution in [1.29, 1.82) is 0 Å². The molecule has 0 amide bonds. The molecule has 1 aromatic rings. The van der Waals surface area contributed by atoms with Gasteiger partial charge in [0.2, 0.25) is 0 Å². The van der Waals surface area contributed by atoms with E-state index in [1.54, 1.807) is 12.7 Å². The second-order valence-electron chi connectivity index (χ2n) is 5.98. The van der Waals surface area contributed by atoms with Gasteiger partial charge in [-0.15, -0.1) is 0 Å². The highest BCUT2D eigenvalue weighted by atomic mass is 16.5. The fraction of sp³-hybridized carbons (Fsp3) is 0.579. The Morgan fingerprint density at radius 3 is 2.55 bits per heavy atom. The fourth-order valence-electron chi connectivity index (χ4n) is 3.05. The zero-order valence-corrected chi connectivity index (χ0v) is 14.3. The summed E-state index contributed by atoms with van der Waals surface area (Å²) in [6, 6.07) is 8.33. The smallest absolute Gasteiger partial charge is 0.118 e. The maximum absolute atomic E-state index is 5.21. The minimum absolute atomic E-state index is 0.923. The number of ether oxygens (including phenoxy) is 1. The van der Waals surface area contributed by atoms with Gasteiger partial charge in [0.25, 0.3) is 0 Å². The average Bonchev–Trinajstić information content (AvgIpc) is 3.00. The van der Waals surface area contributed by atoms with E-state index in [0.29, 0.717) is 0 Å². The summed E-state index contributed by atoms with van der Waals surface area (Å²) in [5.41, 5.74) is 2.83. The molecule has 0 unspecified atom stereocenters. The molecule has 1 aliphatic heterocycles. The van der Waals surface area contributed by atoms with Gasteiger partial charge in [-0.05, 0) is 56.7 Å². The molecule has 2 rings (SSSR count). The van der Waals surface area contributed by atoms with Crippen LogP contribution in [0.25, 0.3) is 6.08 Å². The largest absolute Gasteiger partial charge is 0.497 e. The second-order valence-corrected chi connectivity index (χ2v) is 5.98. The van der Waals surface area contributed by atoms with E-state index in [-0.39, 0.29) is 0 Å². The first-order valence-corrected chi connectivity index (χ1v) is 8.53. The van der Waals surface area contributed by atoms with Gasteiger partial charge in [0, 0.05) is 13.1 Å². The topological polar surface area (TPSA) is 15.7 Å². The molecule has 1 heterocycles. The third-order valence-electron chi connectivity index (χ3n) is 4.51. The van der Waals surface area contributed by atoms with Gasteiger partial charge < -0.3 is 9.64 Å². The van der Waals surface area contributed by atoms with Crippen LogP contribution in [-0.2, 0) is 0 Å². The first-order valence-electron chi connectivity index (χ1n) is 8.53. The minimum atomic E-state index is 0.923. The van der Waals surface area contributed by atoms with Gasteiger partial charge in [0.1, 0.15) is 5.75 Å². The van der Waals surface area contributed by atoms with Crippen molar-refractivity contribution in [2.24, 2.45) is 0 Å². The molecule has 0 aromatic heterocycles. The Bertz CT molecular complexity index is 463. The average molecular weight is 302 g/mol. The number of hydrogen-bond acceptors (Lipinski definition) is 3. The Morgan fingerprint density at radius 1 is 1.18 bits per heavy atom. The molecule has 122 valence electrons. The lowest BCUT2D eigenvalue weighted by Gasteiger charge is -2.20. The number of benzene rings is 1.